The van der Waals surface area contributed by atoms with E-state index in [2.05, 4.69) is 21.2 Å². The van der Waals surface area contributed by atoms with Crippen LogP contribution in [0.5, 0.6) is 5.75 Å². The van der Waals surface area contributed by atoms with E-state index in [0.717, 1.165) is 21.5 Å². The quantitative estimate of drug-likeness (QED) is 0.798. The van der Waals surface area contributed by atoms with Gasteiger partial charge in [0.1, 0.15) is 18.5 Å². The van der Waals surface area contributed by atoms with Crippen molar-refractivity contribution in [2.45, 2.75) is 13.0 Å². The molecular weight excluding hydrogens is 354 g/mol. The van der Waals surface area contributed by atoms with Crippen LogP contribution in [0.2, 0.25) is 5.02 Å². The first-order valence-corrected chi connectivity index (χ1v) is 7.79. The normalized spacial score (nSPS) is 12.0. The Bertz CT molecular complexity index is 589. The SMILES string of the molecule is Cc1c(Cl)cccc1NCC(O)COc1ccc(Br)cc1. The van der Waals surface area contributed by atoms with Crippen LogP contribution in [-0.2, 0) is 0 Å². The van der Waals surface area contributed by atoms with Crippen LogP contribution >= 0.6 is 27.5 Å². The van der Waals surface area contributed by atoms with E-state index < -0.39 is 6.10 Å². The van der Waals surface area contributed by atoms with Crippen LogP contribution < -0.4 is 10.1 Å². The van der Waals surface area contributed by atoms with Crippen LogP contribution in [0.15, 0.2) is 46.9 Å². The number of nitrogens with one attached hydrogen (secondary N) is 1. The summed E-state index contributed by atoms with van der Waals surface area (Å²) in [6, 6.07) is 13.2. The Balaban J connectivity index is 1.80. The number of aliphatic hydroxyl groups excluding tert-OH is 1. The second-order valence-corrected chi connectivity index (χ2v) is 6.03. The predicted molar refractivity (Wildman–Crippen MR) is 90.3 cm³/mol. The molecule has 0 fully saturated rings. The van der Waals surface area contributed by atoms with E-state index in [4.69, 9.17) is 16.3 Å². The molecule has 0 aromatic heterocycles. The lowest BCUT2D eigenvalue weighted by atomic mass is 10.2. The zero-order valence-electron chi connectivity index (χ0n) is 11.6. The molecule has 1 atom stereocenters. The Labute approximate surface area is 138 Å². The molecule has 0 aliphatic heterocycles. The minimum absolute atomic E-state index is 0.230. The van der Waals surface area contributed by atoms with Gasteiger partial charge in [-0.25, -0.2) is 0 Å². The number of aliphatic hydroxyl groups is 1. The molecule has 0 amide bonds. The van der Waals surface area contributed by atoms with Crippen molar-refractivity contribution < 1.29 is 9.84 Å². The van der Waals surface area contributed by atoms with Gasteiger partial charge in [0.25, 0.3) is 0 Å². The van der Waals surface area contributed by atoms with E-state index in [1.54, 1.807) is 0 Å². The Morgan fingerprint density at radius 3 is 2.67 bits per heavy atom. The van der Waals surface area contributed by atoms with Crippen molar-refractivity contribution in [1.82, 2.24) is 0 Å². The molecular formula is C16H17BrClNO2. The molecule has 3 nitrogen and oxygen atoms in total. The van der Waals surface area contributed by atoms with Gasteiger partial charge in [-0.3, -0.25) is 0 Å². The average Bonchev–Trinajstić information content (AvgIpc) is 2.48. The molecule has 21 heavy (non-hydrogen) atoms. The Morgan fingerprint density at radius 1 is 1.24 bits per heavy atom. The summed E-state index contributed by atoms with van der Waals surface area (Å²) in [5.41, 5.74) is 1.89. The van der Waals surface area contributed by atoms with E-state index in [0.29, 0.717) is 11.6 Å². The molecule has 0 bridgehead atoms. The second kappa shape index (κ2) is 7.69. The van der Waals surface area contributed by atoms with Gasteiger partial charge in [0, 0.05) is 21.7 Å². The molecule has 0 spiro atoms. The van der Waals surface area contributed by atoms with E-state index >= 15 is 0 Å². The number of halogens is 2. The van der Waals surface area contributed by atoms with Gasteiger partial charge in [0.05, 0.1) is 0 Å². The van der Waals surface area contributed by atoms with E-state index in [-0.39, 0.29) is 6.61 Å². The standard InChI is InChI=1S/C16H17BrClNO2/c1-11-15(18)3-2-4-16(11)19-9-13(20)10-21-14-7-5-12(17)6-8-14/h2-8,13,19-20H,9-10H2,1H3. The van der Waals surface area contributed by atoms with Crippen molar-refractivity contribution >= 4 is 33.2 Å². The van der Waals surface area contributed by atoms with Crippen LogP contribution in [0, 0.1) is 6.92 Å². The van der Waals surface area contributed by atoms with Gasteiger partial charge < -0.3 is 15.2 Å². The van der Waals surface area contributed by atoms with Crippen molar-refractivity contribution in [2.24, 2.45) is 0 Å². The zero-order chi connectivity index (χ0) is 15.2. The van der Waals surface area contributed by atoms with Crippen LogP contribution in [0.1, 0.15) is 5.56 Å². The van der Waals surface area contributed by atoms with Crippen LogP contribution in [-0.4, -0.2) is 24.4 Å². The molecule has 2 rings (SSSR count). The molecule has 2 aromatic rings. The van der Waals surface area contributed by atoms with Gasteiger partial charge >= 0.3 is 0 Å². The van der Waals surface area contributed by atoms with Crippen molar-refractivity contribution in [3.8, 4) is 5.75 Å². The largest absolute Gasteiger partial charge is 0.491 e. The number of rotatable bonds is 6. The minimum atomic E-state index is -0.605. The number of benzene rings is 2. The number of anilines is 1. The summed E-state index contributed by atoms with van der Waals surface area (Å²) in [5, 5.41) is 13.8. The van der Waals surface area contributed by atoms with Crippen LogP contribution in [0.25, 0.3) is 0 Å². The van der Waals surface area contributed by atoms with Gasteiger partial charge in [0.15, 0.2) is 0 Å². The molecule has 0 saturated heterocycles. The van der Waals surface area contributed by atoms with Crippen LogP contribution in [0.3, 0.4) is 0 Å². The average molecular weight is 371 g/mol. The van der Waals surface area contributed by atoms with Gasteiger partial charge in [-0.05, 0) is 48.9 Å². The summed E-state index contributed by atoms with van der Waals surface area (Å²) in [7, 11) is 0. The summed E-state index contributed by atoms with van der Waals surface area (Å²) in [6.07, 6.45) is -0.605. The maximum Gasteiger partial charge on any atom is 0.119 e. The molecule has 2 aromatic carbocycles. The van der Waals surface area contributed by atoms with Crippen molar-refractivity contribution in [1.29, 1.82) is 0 Å². The molecule has 112 valence electrons. The number of hydrogen-bond acceptors (Lipinski definition) is 3. The second-order valence-electron chi connectivity index (χ2n) is 4.71. The summed E-state index contributed by atoms with van der Waals surface area (Å²) in [5.74, 6) is 0.733. The zero-order valence-corrected chi connectivity index (χ0v) is 14.0. The predicted octanol–water partition coefficient (Wildman–Crippen LogP) is 4.26. The molecule has 2 N–H and O–H groups in total. The summed E-state index contributed by atoms with van der Waals surface area (Å²) in [6.45, 7) is 2.57. The van der Waals surface area contributed by atoms with Crippen molar-refractivity contribution in [3.63, 3.8) is 0 Å². The topological polar surface area (TPSA) is 41.5 Å². The smallest absolute Gasteiger partial charge is 0.119 e. The first-order chi connectivity index (χ1) is 10.1. The lowest BCUT2D eigenvalue weighted by Crippen LogP contribution is -2.26. The van der Waals surface area contributed by atoms with E-state index in [9.17, 15) is 5.11 Å². The van der Waals surface area contributed by atoms with Gasteiger partial charge in [-0.2, -0.15) is 0 Å². The fourth-order valence-electron chi connectivity index (χ4n) is 1.81. The molecule has 5 heteroatoms. The molecule has 1 unspecified atom stereocenters. The lowest BCUT2D eigenvalue weighted by molar-refractivity contribution is 0.117. The summed E-state index contributed by atoms with van der Waals surface area (Å²) >= 11 is 9.42. The Hall–Kier alpha value is -1.23. The van der Waals surface area contributed by atoms with Crippen LogP contribution in [0.4, 0.5) is 5.69 Å². The number of hydrogen-bond donors (Lipinski definition) is 2. The first kappa shape index (κ1) is 16.1. The third-order valence-electron chi connectivity index (χ3n) is 3.05. The van der Waals surface area contributed by atoms with Crippen molar-refractivity contribution in [3.05, 3.63) is 57.5 Å². The fraction of sp³-hybridized carbons (Fsp3) is 0.250. The number of ether oxygens (including phenoxy) is 1. The van der Waals surface area contributed by atoms with E-state index in [1.807, 2.05) is 49.4 Å². The fourth-order valence-corrected chi connectivity index (χ4v) is 2.25. The lowest BCUT2D eigenvalue weighted by Gasteiger charge is -2.15. The van der Waals surface area contributed by atoms with Gasteiger partial charge in [-0.15, -0.1) is 0 Å². The van der Waals surface area contributed by atoms with Gasteiger partial charge in [-0.1, -0.05) is 33.6 Å². The summed E-state index contributed by atoms with van der Waals surface area (Å²) < 4.78 is 6.52. The minimum Gasteiger partial charge on any atom is -0.491 e. The third kappa shape index (κ3) is 4.92. The molecule has 0 aliphatic rings. The maximum atomic E-state index is 9.96. The monoisotopic (exact) mass is 369 g/mol. The van der Waals surface area contributed by atoms with E-state index in [1.165, 1.54) is 0 Å². The highest BCUT2D eigenvalue weighted by Gasteiger charge is 2.07. The Morgan fingerprint density at radius 2 is 1.95 bits per heavy atom. The highest BCUT2D eigenvalue weighted by Crippen LogP contribution is 2.22. The first-order valence-electron chi connectivity index (χ1n) is 6.61. The highest BCUT2D eigenvalue weighted by atomic mass is 79.9. The molecule has 0 saturated carbocycles. The van der Waals surface area contributed by atoms with Crippen molar-refractivity contribution in [2.75, 3.05) is 18.5 Å². The summed E-state index contributed by atoms with van der Waals surface area (Å²) in [4.78, 5) is 0. The highest BCUT2D eigenvalue weighted by molar-refractivity contribution is 9.10. The molecule has 0 aliphatic carbocycles. The Kier molecular flexibility index (Phi) is 5.91. The molecule has 0 radical (unpaired) electrons. The maximum absolute atomic E-state index is 9.96. The van der Waals surface area contributed by atoms with Gasteiger partial charge in [0.2, 0.25) is 0 Å². The third-order valence-corrected chi connectivity index (χ3v) is 3.99. The molecule has 0 heterocycles.